The van der Waals surface area contributed by atoms with Crippen molar-refractivity contribution in [3.63, 3.8) is 0 Å². The van der Waals surface area contributed by atoms with Crippen molar-refractivity contribution in [3.05, 3.63) is 188 Å². The Morgan fingerprint density at radius 3 is 1.23 bits per heavy atom. The number of rotatable bonds is 6. The van der Waals surface area contributed by atoms with Crippen molar-refractivity contribution in [3.8, 4) is 45.3 Å². The first-order chi connectivity index (χ1) is 25.7. The predicted molar refractivity (Wildman–Crippen MR) is 217 cm³/mol. The van der Waals surface area contributed by atoms with Gasteiger partial charge in [-0.2, -0.15) is 0 Å². The average Bonchev–Trinajstić information content (AvgIpc) is 3.74. The highest BCUT2D eigenvalue weighted by atomic mass is 15.0. The standard InChI is InChI=1S/C48H32N4/c1-2-32-14-11-17-35(28-32)48-49-42(33-15-12-18-36(29-33)51-44-24-7-3-20-38(44)39-21-4-8-25-45(39)51)31-43(50-48)34-16-13-19-37(30-34)52-46-26-9-5-22-40(46)41-23-6-10-27-47(41)52/h2-31H,1H2. The van der Waals surface area contributed by atoms with Crippen LogP contribution in [0.3, 0.4) is 0 Å². The van der Waals surface area contributed by atoms with Gasteiger partial charge in [0.2, 0.25) is 0 Å². The zero-order valence-corrected chi connectivity index (χ0v) is 28.3. The van der Waals surface area contributed by atoms with E-state index >= 15 is 0 Å². The fraction of sp³-hybridized carbons (Fsp3) is 0. The van der Waals surface area contributed by atoms with Crippen LogP contribution in [0.5, 0.6) is 0 Å². The van der Waals surface area contributed by atoms with Crippen LogP contribution >= 0.6 is 0 Å². The molecule has 0 aliphatic rings. The third-order valence-corrected chi connectivity index (χ3v) is 10.1. The summed E-state index contributed by atoms with van der Waals surface area (Å²) < 4.78 is 4.69. The molecule has 0 N–H and O–H groups in total. The second kappa shape index (κ2) is 12.1. The van der Waals surface area contributed by atoms with E-state index < -0.39 is 0 Å². The first-order valence-electron chi connectivity index (χ1n) is 17.5. The highest BCUT2D eigenvalue weighted by Gasteiger charge is 2.16. The normalized spacial score (nSPS) is 11.5. The van der Waals surface area contributed by atoms with Crippen LogP contribution in [0.15, 0.2) is 183 Å². The summed E-state index contributed by atoms with van der Waals surface area (Å²) in [4.78, 5) is 10.4. The summed E-state index contributed by atoms with van der Waals surface area (Å²) in [6.07, 6.45) is 1.86. The zero-order valence-electron chi connectivity index (χ0n) is 28.3. The topological polar surface area (TPSA) is 35.6 Å². The number of fused-ring (bicyclic) bond motifs is 6. The maximum Gasteiger partial charge on any atom is 0.160 e. The van der Waals surface area contributed by atoms with E-state index in [0.29, 0.717) is 5.82 Å². The quantitative estimate of drug-likeness (QED) is 0.177. The van der Waals surface area contributed by atoms with E-state index in [1.165, 1.54) is 43.6 Å². The van der Waals surface area contributed by atoms with Crippen LogP contribution in [0, 0.1) is 0 Å². The van der Waals surface area contributed by atoms with Gasteiger partial charge in [0, 0.05) is 49.6 Å². The summed E-state index contributed by atoms with van der Waals surface area (Å²) in [6.45, 7) is 4.00. The molecule has 4 heteroatoms. The number of nitrogens with zero attached hydrogens (tertiary/aromatic N) is 4. The summed E-state index contributed by atoms with van der Waals surface area (Å²) in [6, 6.07) is 62.2. The van der Waals surface area contributed by atoms with Gasteiger partial charge in [0.05, 0.1) is 33.5 Å². The largest absolute Gasteiger partial charge is 0.309 e. The summed E-state index contributed by atoms with van der Waals surface area (Å²) in [5, 5.41) is 4.95. The Hall–Kier alpha value is -7.04. The van der Waals surface area contributed by atoms with Gasteiger partial charge < -0.3 is 9.13 Å². The molecule has 0 amide bonds. The molecule has 0 atom stereocenters. The smallest absolute Gasteiger partial charge is 0.160 e. The first-order valence-corrected chi connectivity index (χ1v) is 17.5. The van der Waals surface area contributed by atoms with E-state index in [1.807, 2.05) is 18.2 Å². The Bertz CT molecular complexity index is 2720. The first kappa shape index (κ1) is 29.8. The second-order valence-electron chi connectivity index (χ2n) is 13.1. The average molecular weight is 665 g/mol. The van der Waals surface area contributed by atoms with Gasteiger partial charge >= 0.3 is 0 Å². The van der Waals surface area contributed by atoms with Crippen LogP contribution in [-0.2, 0) is 0 Å². The van der Waals surface area contributed by atoms with Gasteiger partial charge in [0.25, 0.3) is 0 Å². The van der Waals surface area contributed by atoms with E-state index in [9.17, 15) is 0 Å². The Kier molecular flexibility index (Phi) is 6.93. The van der Waals surface area contributed by atoms with Gasteiger partial charge in [-0.05, 0) is 66.2 Å². The van der Waals surface area contributed by atoms with E-state index in [4.69, 9.17) is 9.97 Å². The molecule has 0 aliphatic heterocycles. The minimum absolute atomic E-state index is 0.667. The number of benzene rings is 7. The molecule has 4 nitrogen and oxygen atoms in total. The highest BCUT2D eigenvalue weighted by molar-refractivity contribution is 6.10. The van der Waals surface area contributed by atoms with E-state index in [-0.39, 0.29) is 0 Å². The molecule has 10 aromatic rings. The lowest BCUT2D eigenvalue weighted by Gasteiger charge is -2.13. The van der Waals surface area contributed by atoms with E-state index in [1.54, 1.807) is 0 Å². The SMILES string of the molecule is C=Cc1cccc(-c2nc(-c3cccc(-n4c5ccccc5c5ccccc54)c3)cc(-c3cccc(-n4c5ccccc5c5ccccc54)c3)n2)c1. The molecular weight excluding hydrogens is 633 g/mol. The van der Waals surface area contributed by atoms with Crippen molar-refractivity contribution in [2.75, 3.05) is 0 Å². The lowest BCUT2D eigenvalue weighted by atomic mass is 10.0. The minimum atomic E-state index is 0.667. The van der Waals surface area contributed by atoms with Gasteiger partial charge in [-0.15, -0.1) is 0 Å². The highest BCUT2D eigenvalue weighted by Crippen LogP contribution is 2.36. The van der Waals surface area contributed by atoms with Crippen molar-refractivity contribution in [1.82, 2.24) is 19.1 Å². The fourth-order valence-electron chi connectivity index (χ4n) is 7.69. The Morgan fingerprint density at radius 1 is 0.385 bits per heavy atom. The summed E-state index contributed by atoms with van der Waals surface area (Å²) in [7, 11) is 0. The molecule has 244 valence electrons. The van der Waals surface area contributed by atoms with Crippen molar-refractivity contribution >= 4 is 49.7 Å². The lowest BCUT2D eigenvalue weighted by molar-refractivity contribution is 1.16. The molecule has 7 aromatic carbocycles. The maximum absolute atomic E-state index is 5.22. The van der Waals surface area contributed by atoms with Gasteiger partial charge in [-0.1, -0.05) is 128 Å². The molecule has 0 aliphatic carbocycles. The number of aromatic nitrogens is 4. The van der Waals surface area contributed by atoms with E-state index in [2.05, 4.69) is 180 Å². The third-order valence-electron chi connectivity index (χ3n) is 10.1. The van der Waals surface area contributed by atoms with E-state index in [0.717, 1.165) is 45.0 Å². The van der Waals surface area contributed by atoms with Crippen molar-refractivity contribution < 1.29 is 0 Å². The number of hydrogen-bond acceptors (Lipinski definition) is 2. The van der Waals surface area contributed by atoms with Gasteiger partial charge in [-0.25, -0.2) is 9.97 Å². The zero-order chi connectivity index (χ0) is 34.6. The summed E-state index contributed by atoms with van der Waals surface area (Å²) in [5.74, 6) is 0.667. The molecule has 52 heavy (non-hydrogen) atoms. The monoisotopic (exact) mass is 664 g/mol. The van der Waals surface area contributed by atoms with Gasteiger partial charge in [-0.3, -0.25) is 0 Å². The molecule has 0 unspecified atom stereocenters. The number of hydrogen-bond donors (Lipinski definition) is 0. The molecule has 3 heterocycles. The molecular formula is C48H32N4. The second-order valence-corrected chi connectivity index (χ2v) is 13.1. The molecule has 0 spiro atoms. The molecule has 0 saturated carbocycles. The molecule has 0 radical (unpaired) electrons. The van der Waals surface area contributed by atoms with Crippen LogP contribution in [0.4, 0.5) is 0 Å². The minimum Gasteiger partial charge on any atom is -0.309 e. The van der Waals surface area contributed by atoms with Crippen LogP contribution in [-0.4, -0.2) is 19.1 Å². The Labute approximate surface area is 301 Å². The molecule has 3 aromatic heterocycles. The van der Waals surface area contributed by atoms with Crippen molar-refractivity contribution in [2.45, 2.75) is 0 Å². The third kappa shape index (κ3) is 4.84. The lowest BCUT2D eigenvalue weighted by Crippen LogP contribution is -1.99. The summed E-state index contributed by atoms with van der Waals surface area (Å²) >= 11 is 0. The van der Waals surface area contributed by atoms with Gasteiger partial charge in [0.15, 0.2) is 5.82 Å². The van der Waals surface area contributed by atoms with Crippen molar-refractivity contribution in [1.29, 1.82) is 0 Å². The number of para-hydroxylation sites is 4. The molecule has 10 rings (SSSR count). The summed E-state index contributed by atoms with van der Waals surface area (Å²) in [5.41, 5.74) is 12.6. The van der Waals surface area contributed by atoms with Crippen LogP contribution < -0.4 is 0 Å². The predicted octanol–water partition coefficient (Wildman–Crippen LogP) is 12.3. The van der Waals surface area contributed by atoms with Crippen LogP contribution in [0.2, 0.25) is 0 Å². The van der Waals surface area contributed by atoms with Crippen LogP contribution in [0.25, 0.3) is 95.0 Å². The van der Waals surface area contributed by atoms with Crippen molar-refractivity contribution in [2.24, 2.45) is 0 Å². The Balaban J connectivity index is 1.17. The maximum atomic E-state index is 5.22. The van der Waals surface area contributed by atoms with Crippen LogP contribution in [0.1, 0.15) is 5.56 Å². The molecule has 0 bridgehead atoms. The molecule has 0 fully saturated rings. The molecule has 0 saturated heterocycles. The van der Waals surface area contributed by atoms with Gasteiger partial charge in [0.1, 0.15) is 0 Å². The Morgan fingerprint density at radius 2 is 0.788 bits per heavy atom. The fourth-order valence-corrected chi connectivity index (χ4v) is 7.69.